The molecule has 34 heavy (non-hydrogen) atoms. The lowest BCUT2D eigenvalue weighted by molar-refractivity contribution is 0.195. The number of benzene rings is 1. The van der Waals surface area contributed by atoms with Crippen LogP contribution in [0.4, 0.5) is 11.6 Å². The Labute approximate surface area is 205 Å². The number of hydrogen-bond donors (Lipinski definition) is 1. The summed E-state index contributed by atoms with van der Waals surface area (Å²) in [7, 11) is 3.23. The van der Waals surface area contributed by atoms with Crippen LogP contribution in [-0.2, 0) is 23.0 Å². The van der Waals surface area contributed by atoms with Crippen LogP contribution >= 0.6 is 11.6 Å². The van der Waals surface area contributed by atoms with Gasteiger partial charge in [-0.2, -0.15) is 5.26 Å². The Hall–Kier alpha value is -3.21. The minimum absolute atomic E-state index is 0.0336. The molecule has 0 unspecified atom stereocenters. The van der Waals surface area contributed by atoms with Crippen molar-refractivity contribution in [3.05, 3.63) is 57.9 Å². The predicted molar refractivity (Wildman–Crippen MR) is 133 cm³/mol. The van der Waals surface area contributed by atoms with Gasteiger partial charge in [0.25, 0.3) is 0 Å². The Morgan fingerprint density at radius 3 is 2.76 bits per heavy atom. The third-order valence-corrected chi connectivity index (χ3v) is 6.59. The van der Waals surface area contributed by atoms with E-state index in [9.17, 15) is 5.26 Å². The first-order valence-corrected chi connectivity index (χ1v) is 11.6. The highest BCUT2D eigenvalue weighted by Crippen LogP contribution is 2.42. The standard InChI is InChI=1S/C26H28ClN5O2/c1-26(2)9-7-18-17(15-28)12-16(13-19(18)26)21-8-10-29-25(31-21)32-23-14-20(27)22(6-5-11-33-3)30-24(23)34-4/h8,10,12-14H,5-7,9,11H2,1-4H3,(H,29,31,32). The van der Waals surface area contributed by atoms with Crippen molar-refractivity contribution in [2.75, 3.05) is 26.1 Å². The summed E-state index contributed by atoms with van der Waals surface area (Å²) in [5, 5.41) is 13.5. The number of pyridine rings is 1. The Balaban J connectivity index is 1.65. The smallest absolute Gasteiger partial charge is 0.237 e. The molecule has 3 aromatic rings. The summed E-state index contributed by atoms with van der Waals surface area (Å²) in [6, 6.07) is 10.1. The van der Waals surface area contributed by atoms with Crippen LogP contribution in [0.15, 0.2) is 30.5 Å². The van der Waals surface area contributed by atoms with Gasteiger partial charge in [0.15, 0.2) is 0 Å². The first kappa shape index (κ1) is 23.9. The first-order chi connectivity index (χ1) is 16.4. The number of anilines is 2. The van der Waals surface area contributed by atoms with E-state index in [1.807, 2.05) is 12.1 Å². The van der Waals surface area contributed by atoms with Gasteiger partial charge in [0.05, 0.1) is 35.2 Å². The fraction of sp³-hybridized carbons (Fsp3) is 0.385. The van der Waals surface area contributed by atoms with Crippen LogP contribution < -0.4 is 10.1 Å². The molecule has 0 aliphatic heterocycles. The fourth-order valence-corrected chi connectivity index (χ4v) is 4.62. The highest BCUT2D eigenvalue weighted by molar-refractivity contribution is 6.31. The van der Waals surface area contributed by atoms with Gasteiger partial charge in [0.2, 0.25) is 11.8 Å². The summed E-state index contributed by atoms with van der Waals surface area (Å²) >= 11 is 6.47. The van der Waals surface area contributed by atoms with Gasteiger partial charge in [-0.25, -0.2) is 15.0 Å². The third kappa shape index (κ3) is 4.84. The molecule has 1 aliphatic carbocycles. The topological polar surface area (TPSA) is 93.0 Å². The minimum Gasteiger partial charge on any atom is -0.480 e. The molecule has 1 N–H and O–H groups in total. The van der Waals surface area contributed by atoms with Crippen LogP contribution in [0.5, 0.6) is 5.88 Å². The number of nitriles is 1. The summed E-state index contributed by atoms with van der Waals surface area (Å²) in [4.78, 5) is 13.6. The van der Waals surface area contributed by atoms with Crippen LogP contribution in [0, 0.1) is 11.3 Å². The van der Waals surface area contributed by atoms with Crippen molar-refractivity contribution in [3.8, 4) is 23.2 Å². The minimum atomic E-state index is 0.0336. The molecule has 176 valence electrons. The molecule has 1 aromatic carbocycles. The van der Waals surface area contributed by atoms with Gasteiger partial charge in [0, 0.05) is 25.5 Å². The van der Waals surface area contributed by atoms with Gasteiger partial charge < -0.3 is 14.8 Å². The monoisotopic (exact) mass is 477 g/mol. The molecule has 0 saturated heterocycles. The maximum atomic E-state index is 9.73. The molecule has 0 saturated carbocycles. The van der Waals surface area contributed by atoms with E-state index in [2.05, 4.69) is 41.3 Å². The number of halogens is 1. The van der Waals surface area contributed by atoms with E-state index >= 15 is 0 Å². The number of nitrogens with one attached hydrogen (secondary N) is 1. The molecule has 2 aromatic heterocycles. The Bertz CT molecular complexity index is 1250. The molecule has 0 fully saturated rings. The summed E-state index contributed by atoms with van der Waals surface area (Å²) in [5.41, 5.74) is 6.07. The zero-order valence-electron chi connectivity index (χ0n) is 19.9. The van der Waals surface area contributed by atoms with Gasteiger partial charge in [-0.15, -0.1) is 0 Å². The molecule has 0 amide bonds. The lowest BCUT2D eigenvalue weighted by atomic mass is 9.84. The van der Waals surface area contributed by atoms with E-state index in [1.54, 1.807) is 26.5 Å². The number of aryl methyl sites for hydroxylation is 1. The predicted octanol–water partition coefficient (Wildman–Crippen LogP) is 5.62. The molecular weight excluding hydrogens is 450 g/mol. The van der Waals surface area contributed by atoms with Crippen molar-refractivity contribution >= 4 is 23.2 Å². The third-order valence-electron chi connectivity index (χ3n) is 6.27. The number of fused-ring (bicyclic) bond motifs is 1. The summed E-state index contributed by atoms with van der Waals surface area (Å²) < 4.78 is 10.6. The van der Waals surface area contributed by atoms with Crippen LogP contribution in [-0.4, -0.2) is 35.8 Å². The molecule has 0 bridgehead atoms. The van der Waals surface area contributed by atoms with Crippen LogP contribution in [0.2, 0.25) is 5.02 Å². The van der Waals surface area contributed by atoms with Crippen molar-refractivity contribution in [2.45, 2.75) is 44.9 Å². The van der Waals surface area contributed by atoms with Gasteiger partial charge in [-0.05, 0) is 66.5 Å². The van der Waals surface area contributed by atoms with Crippen molar-refractivity contribution < 1.29 is 9.47 Å². The average molecular weight is 478 g/mol. The lowest BCUT2D eigenvalue weighted by Crippen LogP contribution is -2.12. The van der Waals surface area contributed by atoms with Gasteiger partial charge in [0.1, 0.15) is 5.69 Å². The Morgan fingerprint density at radius 2 is 2.03 bits per heavy atom. The van der Waals surface area contributed by atoms with Gasteiger partial charge in [-0.3, -0.25) is 0 Å². The second-order valence-electron chi connectivity index (χ2n) is 9.01. The van der Waals surface area contributed by atoms with E-state index in [4.69, 9.17) is 26.1 Å². The maximum Gasteiger partial charge on any atom is 0.237 e. The summed E-state index contributed by atoms with van der Waals surface area (Å²) in [6.07, 6.45) is 5.15. The number of hydrogen-bond acceptors (Lipinski definition) is 7. The number of rotatable bonds is 8. The quantitative estimate of drug-likeness (QED) is 0.421. The van der Waals surface area contributed by atoms with Crippen LogP contribution in [0.1, 0.15) is 49.1 Å². The van der Waals surface area contributed by atoms with Crippen molar-refractivity contribution in [2.24, 2.45) is 0 Å². The van der Waals surface area contributed by atoms with Crippen LogP contribution in [0.3, 0.4) is 0 Å². The van der Waals surface area contributed by atoms with Crippen LogP contribution in [0.25, 0.3) is 11.3 Å². The highest BCUT2D eigenvalue weighted by atomic mass is 35.5. The molecule has 0 radical (unpaired) electrons. The normalized spacial score (nSPS) is 13.9. The van der Waals surface area contributed by atoms with Gasteiger partial charge >= 0.3 is 0 Å². The molecule has 7 nitrogen and oxygen atoms in total. The van der Waals surface area contributed by atoms with E-state index in [-0.39, 0.29) is 5.41 Å². The van der Waals surface area contributed by atoms with E-state index in [0.717, 1.165) is 41.8 Å². The molecular formula is C26H28ClN5O2. The maximum absolute atomic E-state index is 9.73. The SMILES string of the molecule is COCCCc1nc(OC)c(Nc2nccc(-c3cc(C#N)c4c(c3)C(C)(C)CC4)n2)cc1Cl. The second-order valence-corrected chi connectivity index (χ2v) is 9.41. The lowest BCUT2D eigenvalue weighted by Gasteiger charge is -2.20. The largest absolute Gasteiger partial charge is 0.480 e. The number of nitrogens with zero attached hydrogens (tertiary/aromatic N) is 4. The van der Waals surface area contributed by atoms with E-state index in [1.165, 1.54) is 5.56 Å². The number of ether oxygens (including phenoxy) is 2. The number of methoxy groups -OCH3 is 2. The molecule has 8 heteroatoms. The van der Waals surface area contributed by atoms with Crippen molar-refractivity contribution in [3.63, 3.8) is 0 Å². The highest BCUT2D eigenvalue weighted by Gasteiger charge is 2.32. The molecule has 0 atom stereocenters. The fourth-order valence-electron chi connectivity index (χ4n) is 4.38. The summed E-state index contributed by atoms with van der Waals surface area (Å²) in [6.45, 7) is 5.08. The van der Waals surface area contributed by atoms with E-state index in [0.29, 0.717) is 41.1 Å². The van der Waals surface area contributed by atoms with E-state index < -0.39 is 0 Å². The van der Waals surface area contributed by atoms with Crippen molar-refractivity contribution in [1.82, 2.24) is 15.0 Å². The second kappa shape index (κ2) is 9.96. The molecule has 1 aliphatic rings. The Morgan fingerprint density at radius 1 is 1.21 bits per heavy atom. The average Bonchev–Trinajstić information content (AvgIpc) is 3.14. The summed E-state index contributed by atoms with van der Waals surface area (Å²) in [5.74, 6) is 0.802. The molecule has 0 spiro atoms. The Kier molecular flexibility index (Phi) is 7.01. The van der Waals surface area contributed by atoms with Gasteiger partial charge in [-0.1, -0.05) is 25.4 Å². The zero-order valence-corrected chi connectivity index (χ0v) is 20.7. The molecule has 2 heterocycles. The first-order valence-electron chi connectivity index (χ1n) is 11.3. The van der Waals surface area contributed by atoms with Crippen molar-refractivity contribution in [1.29, 1.82) is 5.26 Å². The molecule has 4 rings (SSSR count). The zero-order chi connectivity index (χ0) is 24.3. The number of aromatic nitrogens is 3.